The average molecular weight is 436 g/mol. The molecule has 0 amide bonds. The van der Waals surface area contributed by atoms with Crippen molar-refractivity contribution < 1.29 is 18.3 Å². The SMILES string of the molecule is CC.O=c1[nH]c2c(O)cccc2n1CCN1CCN(c2cccc(C(F)(F)F)c2)CC1. The van der Waals surface area contributed by atoms with Crippen LogP contribution in [0.3, 0.4) is 0 Å². The molecule has 168 valence electrons. The van der Waals surface area contributed by atoms with E-state index in [0.29, 0.717) is 56.0 Å². The number of halogens is 3. The van der Waals surface area contributed by atoms with Crippen molar-refractivity contribution in [3.63, 3.8) is 0 Å². The summed E-state index contributed by atoms with van der Waals surface area (Å²) in [4.78, 5) is 19.0. The number of benzene rings is 2. The highest BCUT2D eigenvalue weighted by molar-refractivity contribution is 5.81. The Hall–Kier alpha value is -2.94. The third-order valence-electron chi connectivity index (χ3n) is 5.34. The number of nitrogens with zero attached hydrogens (tertiary/aromatic N) is 3. The zero-order valence-corrected chi connectivity index (χ0v) is 17.6. The molecule has 1 fully saturated rings. The number of aromatic hydroxyl groups is 1. The zero-order valence-electron chi connectivity index (χ0n) is 17.6. The zero-order chi connectivity index (χ0) is 22.6. The second kappa shape index (κ2) is 9.47. The van der Waals surface area contributed by atoms with E-state index in [1.54, 1.807) is 22.8 Å². The number of imidazole rings is 1. The van der Waals surface area contributed by atoms with Crippen molar-refractivity contribution in [3.05, 3.63) is 58.5 Å². The van der Waals surface area contributed by atoms with Gasteiger partial charge in [0.15, 0.2) is 0 Å². The van der Waals surface area contributed by atoms with Gasteiger partial charge in [-0.2, -0.15) is 13.2 Å². The number of fused-ring (bicyclic) bond motifs is 1. The monoisotopic (exact) mass is 436 g/mol. The number of phenolic OH excluding ortho intramolecular Hbond substituents is 1. The van der Waals surface area contributed by atoms with Crippen molar-refractivity contribution in [2.24, 2.45) is 0 Å². The number of hydrogen-bond donors (Lipinski definition) is 2. The molecule has 2 aromatic carbocycles. The first-order chi connectivity index (χ1) is 14.8. The molecule has 3 aromatic rings. The molecule has 0 spiro atoms. The van der Waals surface area contributed by atoms with Crippen LogP contribution in [0, 0.1) is 0 Å². The predicted octanol–water partition coefficient (Wildman–Crippen LogP) is 3.90. The van der Waals surface area contributed by atoms with Gasteiger partial charge in [0.25, 0.3) is 0 Å². The van der Waals surface area contributed by atoms with Crippen LogP contribution in [-0.4, -0.2) is 52.3 Å². The van der Waals surface area contributed by atoms with Crippen LogP contribution in [0.25, 0.3) is 11.0 Å². The molecule has 0 radical (unpaired) electrons. The standard InChI is InChI=1S/C20H21F3N4O2.C2H6/c21-20(22,23)14-3-1-4-15(13-14)26-10-7-25(8-11-26)9-12-27-16-5-2-6-17(28)18(16)24-19(27)29;1-2/h1-6,13,28H,7-12H2,(H,24,29);1-2H3. The van der Waals surface area contributed by atoms with Crippen LogP contribution in [0.15, 0.2) is 47.3 Å². The van der Waals surface area contributed by atoms with Crippen LogP contribution in [0.5, 0.6) is 5.75 Å². The molecule has 0 saturated carbocycles. The van der Waals surface area contributed by atoms with Gasteiger partial charge < -0.3 is 15.0 Å². The highest BCUT2D eigenvalue weighted by Gasteiger charge is 2.31. The van der Waals surface area contributed by atoms with Gasteiger partial charge in [-0.05, 0) is 30.3 Å². The number of para-hydroxylation sites is 1. The summed E-state index contributed by atoms with van der Waals surface area (Å²) >= 11 is 0. The Labute approximate surface area is 178 Å². The fourth-order valence-electron chi connectivity index (χ4n) is 3.74. The van der Waals surface area contributed by atoms with E-state index < -0.39 is 11.7 Å². The first-order valence-electron chi connectivity index (χ1n) is 10.4. The summed E-state index contributed by atoms with van der Waals surface area (Å²) in [5, 5.41) is 9.86. The third kappa shape index (κ3) is 5.04. The van der Waals surface area contributed by atoms with Gasteiger partial charge in [-0.25, -0.2) is 4.79 Å². The first kappa shape index (κ1) is 22.7. The lowest BCUT2D eigenvalue weighted by molar-refractivity contribution is -0.137. The van der Waals surface area contributed by atoms with E-state index in [-0.39, 0.29) is 11.4 Å². The Bertz CT molecular complexity index is 1070. The second-order valence-electron chi connectivity index (χ2n) is 7.13. The molecular weight excluding hydrogens is 409 g/mol. The highest BCUT2D eigenvalue weighted by atomic mass is 19.4. The van der Waals surface area contributed by atoms with Crippen LogP contribution >= 0.6 is 0 Å². The number of H-pyrrole nitrogens is 1. The van der Waals surface area contributed by atoms with Crippen LogP contribution < -0.4 is 10.6 Å². The number of nitrogens with one attached hydrogen (secondary N) is 1. The molecule has 1 aromatic heterocycles. The number of hydrogen-bond acceptors (Lipinski definition) is 4. The van der Waals surface area contributed by atoms with E-state index in [1.807, 2.05) is 18.7 Å². The maximum atomic E-state index is 12.9. The average Bonchev–Trinajstić information content (AvgIpc) is 3.10. The van der Waals surface area contributed by atoms with Crippen LogP contribution in [0.1, 0.15) is 19.4 Å². The lowest BCUT2D eigenvalue weighted by Crippen LogP contribution is -2.47. The molecule has 6 nitrogen and oxygen atoms in total. The number of aromatic nitrogens is 2. The lowest BCUT2D eigenvalue weighted by atomic mass is 10.1. The number of rotatable bonds is 4. The maximum absolute atomic E-state index is 12.9. The Balaban J connectivity index is 0.00000132. The Morgan fingerprint density at radius 3 is 2.35 bits per heavy atom. The van der Waals surface area contributed by atoms with Crippen molar-refractivity contribution in [3.8, 4) is 5.75 Å². The van der Waals surface area contributed by atoms with Gasteiger partial charge in [0.1, 0.15) is 11.3 Å². The largest absolute Gasteiger partial charge is 0.506 e. The summed E-state index contributed by atoms with van der Waals surface area (Å²) in [5.41, 5.74) is 0.732. The van der Waals surface area contributed by atoms with Gasteiger partial charge in [-0.15, -0.1) is 0 Å². The lowest BCUT2D eigenvalue weighted by Gasteiger charge is -2.36. The molecule has 0 aliphatic carbocycles. The Kier molecular flexibility index (Phi) is 6.94. The number of piperazine rings is 1. The fourth-order valence-corrected chi connectivity index (χ4v) is 3.74. The molecule has 0 bridgehead atoms. The highest BCUT2D eigenvalue weighted by Crippen LogP contribution is 2.31. The second-order valence-corrected chi connectivity index (χ2v) is 7.13. The minimum Gasteiger partial charge on any atom is -0.506 e. The summed E-state index contributed by atoms with van der Waals surface area (Å²) in [7, 11) is 0. The summed E-state index contributed by atoms with van der Waals surface area (Å²) in [5.74, 6) is 0.0352. The van der Waals surface area contributed by atoms with Crippen LogP contribution in [-0.2, 0) is 12.7 Å². The van der Waals surface area contributed by atoms with Gasteiger partial charge in [0.05, 0.1) is 11.1 Å². The van der Waals surface area contributed by atoms with Gasteiger partial charge in [-0.3, -0.25) is 9.47 Å². The van der Waals surface area contributed by atoms with E-state index in [0.717, 1.165) is 6.07 Å². The first-order valence-corrected chi connectivity index (χ1v) is 10.4. The van der Waals surface area contributed by atoms with Gasteiger partial charge in [-0.1, -0.05) is 26.0 Å². The van der Waals surface area contributed by atoms with E-state index in [2.05, 4.69) is 9.88 Å². The quantitative estimate of drug-likeness (QED) is 0.651. The van der Waals surface area contributed by atoms with Crippen molar-refractivity contribution in [1.82, 2.24) is 14.5 Å². The predicted molar refractivity (Wildman–Crippen MR) is 116 cm³/mol. The van der Waals surface area contributed by atoms with Gasteiger partial charge >= 0.3 is 11.9 Å². The van der Waals surface area contributed by atoms with Crippen molar-refractivity contribution in [2.75, 3.05) is 37.6 Å². The summed E-state index contributed by atoms with van der Waals surface area (Å²) in [6.45, 7) is 7.72. The Morgan fingerprint density at radius 1 is 1.00 bits per heavy atom. The maximum Gasteiger partial charge on any atom is 0.416 e. The molecule has 1 saturated heterocycles. The number of alkyl halides is 3. The summed E-state index contributed by atoms with van der Waals surface area (Å²) in [6, 6.07) is 10.4. The molecule has 4 rings (SSSR count). The molecule has 2 heterocycles. The number of aromatic amines is 1. The third-order valence-corrected chi connectivity index (χ3v) is 5.34. The molecule has 0 atom stereocenters. The molecule has 1 aliphatic heterocycles. The molecule has 31 heavy (non-hydrogen) atoms. The van der Waals surface area contributed by atoms with Gasteiger partial charge in [0, 0.05) is 45.0 Å². The minimum atomic E-state index is -4.35. The van der Waals surface area contributed by atoms with Crippen LogP contribution in [0.2, 0.25) is 0 Å². The van der Waals surface area contributed by atoms with Crippen molar-refractivity contribution in [2.45, 2.75) is 26.6 Å². The molecular formula is C22H27F3N4O2. The number of anilines is 1. The van der Waals surface area contributed by atoms with E-state index in [9.17, 15) is 23.1 Å². The smallest absolute Gasteiger partial charge is 0.416 e. The Morgan fingerprint density at radius 2 is 1.68 bits per heavy atom. The molecule has 1 aliphatic rings. The minimum absolute atomic E-state index is 0.0352. The fraction of sp³-hybridized carbons (Fsp3) is 0.409. The topological polar surface area (TPSA) is 64.5 Å². The van der Waals surface area contributed by atoms with E-state index in [1.165, 1.54) is 18.2 Å². The van der Waals surface area contributed by atoms with E-state index in [4.69, 9.17) is 0 Å². The number of phenols is 1. The van der Waals surface area contributed by atoms with E-state index >= 15 is 0 Å². The van der Waals surface area contributed by atoms with Crippen LogP contribution in [0.4, 0.5) is 18.9 Å². The summed E-state index contributed by atoms with van der Waals surface area (Å²) < 4.78 is 40.4. The molecule has 9 heteroatoms. The normalized spacial score (nSPS) is 15.1. The van der Waals surface area contributed by atoms with Crippen molar-refractivity contribution >= 4 is 16.7 Å². The molecule has 2 N–H and O–H groups in total. The summed E-state index contributed by atoms with van der Waals surface area (Å²) in [6.07, 6.45) is -4.35. The van der Waals surface area contributed by atoms with Crippen molar-refractivity contribution in [1.29, 1.82) is 0 Å². The van der Waals surface area contributed by atoms with Gasteiger partial charge in [0.2, 0.25) is 0 Å². The molecule has 0 unspecified atom stereocenters.